The van der Waals surface area contributed by atoms with Crippen molar-refractivity contribution in [1.29, 1.82) is 0 Å². The van der Waals surface area contributed by atoms with E-state index in [1.807, 2.05) is 0 Å². The van der Waals surface area contributed by atoms with Crippen LogP contribution in [-0.2, 0) is 21.4 Å². The largest absolute Gasteiger partial charge is 0.480 e. The Labute approximate surface area is 115 Å². The predicted molar refractivity (Wildman–Crippen MR) is 69.5 cm³/mol. The van der Waals surface area contributed by atoms with Crippen LogP contribution in [0.25, 0.3) is 0 Å². The van der Waals surface area contributed by atoms with E-state index in [2.05, 4.69) is 16.4 Å². The van der Waals surface area contributed by atoms with Gasteiger partial charge in [-0.1, -0.05) is 18.2 Å². The number of hydrogen-bond acceptors (Lipinski definition) is 4. The Kier molecular flexibility index (Phi) is 4.72. The molecule has 106 valence electrons. The highest BCUT2D eigenvalue weighted by atomic mass is 35.5. The summed E-state index contributed by atoms with van der Waals surface area (Å²) in [4.78, 5) is 10.6. The van der Waals surface area contributed by atoms with Gasteiger partial charge in [0, 0.05) is 11.6 Å². The number of nitrogens with one attached hydrogen (secondary N) is 1. The van der Waals surface area contributed by atoms with E-state index >= 15 is 0 Å². The number of aromatic nitrogens is 2. The van der Waals surface area contributed by atoms with E-state index in [4.69, 9.17) is 16.7 Å². The maximum absolute atomic E-state index is 12.1. The lowest BCUT2D eigenvalue weighted by Crippen LogP contribution is -2.26. The summed E-state index contributed by atoms with van der Waals surface area (Å²) in [5, 5.41) is 12.8. The molecule has 0 saturated carbocycles. The third-order valence-electron chi connectivity index (χ3n) is 2.32. The number of aryl methyl sites for hydroxylation is 1. The molecule has 1 aromatic heterocycles. The molecular weight excluding hydrogens is 294 g/mol. The second-order valence-corrected chi connectivity index (χ2v) is 6.13. The van der Waals surface area contributed by atoms with Crippen molar-refractivity contribution < 1.29 is 18.3 Å². The molecule has 0 atom stereocenters. The quantitative estimate of drug-likeness (QED) is 0.802. The third-order valence-corrected chi connectivity index (χ3v) is 4.11. The SMILES string of the molecule is C=C(Cl)CNS(=O)(=O)c1c(C)nn(CC(=O)O)c1C. The number of sulfonamides is 1. The average molecular weight is 308 g/mol. The molecule has 2 N–H and O–H groups in total. The van der Waals surface area contributed by atoms with Gasteiger partial charge in [-0.15, -0.1) is 0 Å². The van der Waals surface area contributed by atoms with Crippen molar-refractivity contribution in [3.8, 4) is 0 Å². The van der Waals surface area contributed by atoms with E-state index in [-0.39, 0.29) is 27.9 Å². The first-order valence-corrected chi connectivity index (χ1v) is 7.10. The summed E-state index contributed by atoms with van der Waals surface area (Å²) >= 11 is 5.50. The lowest BCUT2D eigenvalue weighted by atomic mass is 10.4. The summed E-state index contributed by atoms with van der Waals surface area (Å²) in [7, 11) is -3.80. The summed E-state index contributed by atoms with van der Waals surface area (Å²) < 4.78 is 27.5. The normalized spacial score (nSPS) is 11.5. The van der Waals surface area contributed by atoms with Gasteiger partial charge >= 0.3 is 5.97 Å². The maximum Gasteiger partial charge on any atom is 0.325 e. The fourth-order valence-corrected chi connectivity index (χ4v) is 3.18. The molecule has 0 fully saturated rings. The van der Waals surface area contributed by atoms with Crippen LogP contribution in [0.2, 0.25) is 0 Å². The number of carbonyl (C=O) groups is 1. The van der Waals surface area contributed by atoms with Crippen molar-refractivity contribution in [1.82, 2.24) is 14.5 Å². The zero-order chi connectivity index (χ0) is 14.8. The molecule has 0 unspecified atom stereocenters. The van der Waals surface area contributed by atoms with Gasteiger partial charge in [0.25, 0.3) is 0 Å². The fourth-order valence-electron chi connectivity index (χ4n) is 1.60. The molecular formula is C10H14ClN3O4S. The first kappa shape index (κ1) is 15.7. The van der Waals surface area contributed by atoms with Gasteiger partial charge in [0.05, 0.1) is 11.4 Å². The topological polar surface area (TPSA) is 101 Å². The van der Waals surface area contributed by atoms with Crippen molar-refractivity contribution in [2.75, 3.05) is 6.54 Å². The first-order chi connectivity index (χ1) is 8.65. The number of carboxylic acids is 1. The van der Waals surface area contributed by atoms with Gasteiger partial charge in [-0.2, -0.15) is 5.10 Å². The summed E-state index contributed by atoms with van der Waals surface area (Å²) in [5.41, 5.74) is 0.485. The molecule has 19 heavy (non-hydrogen) atoms. The fraction of sp³-hybridized carbons (Fsp3) is 0.400. The van der Waals surface area contributed by atoms with Crippen LogP contribution in [0, 0.1) is 13.8 Å². The molecule has 7 nitrogen and oxygen atoms in total. The van der Waals surface area contributed by atoms with Crippen molar-refractivity contribution in [2.45, 2.75) is 25.3 Å². The molecule has 0 saturated heterocycles. The second-order valence-electron chi connectivity index (χ2n) is 3.89. The van der Waals surface area contributed by atoms with E-state index in [9.17, 15) is 13.2 Å². The number of aliphatic carboxylic acids is 1. The maximum atomic E-state index is 12.1. The molecule has 9 heteroatoms. The lowest BCUT2D eigenvalue weighted by Gasteiger charge is -2.06. The Morgan fingerprint density at radius 3 is 2.58 bits per heavy atom. The average Bonchev–Trinajstić information content (AvgIpc) is 2.51. The third kappa shape index (κ3) is 3.79. The Morgan fingerprint density at radius 2 is 2.11 bits per heavy atom. The van der Waals surface area contributed by atoms with Crippen LogP contribution in [0.15, 0.2) is 16.5 Å². The van der Waals surface area contributed by atoms with Crippen LogP contribution in [0.5, 0.6) is 0 Å². The molecule has 0 aliphatic carbocycles. The van der Waals surface area contributed by atoms with E-state index in [0.717, 1.165) is 4.68 Å². The van der Waals surface area contributed by atoms with Crippen molar-refractivity contribution >= 4 is 27.6 Å². The number of halogens is 1. The van der Waals surface area contributed by atoms with Crippen LogP contribution in [-0.4, -0.2) is 35.8 Å². The molecule has 0 bridgehead atoms. The number of nitrogens with zero attached hydrogens (tertiary/aromatic N) is 2. The summed E-state index contributed by atoms with van der Waals surface area (Å²) in [5.74, 6) is -1.10. The summed E-state index contributed by atoms with van der Waals surface area (Å²) in [6.07, 6.45) is 0. The molecule has 0 aliphatic rings. The highest BCUT2D eigenvalue weighted by molar-refractivity contribution is 7.89. The Hall–Kier alpha value is -1.38. The number of rotatable bonds is 6. The van der Waals surface area contributed by atoms with Gasteiger partial charge < -0.3 is 5.11 Å². The van der Waals surface area contributed by atoms with E-state index in [1.54, 1.807) is 0 Å². The molecule has 0 amide bonds. The minimum absolute atomic E-state index is 0.0355. The molecule has 0 spiro atoms. The molecule has 0 aromatic carbocycles. The zero-order valence-electron chi connectivity index (χ0n) is 10.5. The molecule has 1 heterocycles. The van der Waals surface area contributed by atoms with Gasteiger partial charge in [0.15, 0.2) is 0 Å². The Balaban J connectivity index is 3.16. The summed E-state index contributed by atoms with van der Waals surface area (Å²) in [6.45, 7) is 5.87. The van der Waals surface area contributed by atoms with Gasteiger partial charge in [-0.25, -0.2) is 13.1 Å². The zero-order valence-corrected chi connectivity index (χ0v) is 12.0. The molecule has 1 aromatic rings. The van der Waals surface area contributed by atoms with E-state index < -0.39 is 22.5 Å². The van der Waals surface area contributed by atoms with E-state index in [0.29, 0.717) is 0 Å². The molecule has 0 aliphatic heterocycles. The van der Waals surface area contributed by atoms with Crippen molar-refractivity contribution in [3.05, 3.63) is 23.0 Å². The molecule has 1 rings (SSSR count). The van der Waals surface area contributed by atoms with Crippen LogP contribution in [0.1, 0.15) is 11.4 Å². The van der Waals surface area contributed by atoms with Crippen LogP contribution >= 0.6 is 11.6 Å². The van der Waals surface area contributed by atoms with Crippen LogP contribution < -0.4 is 4.72 Å². The Morgan fingerprint density at radius 1 is 1.53 bits per heavy atom. The van der Waals surface area contributed by atoms with Crippen molar-refractivity contribution in [3.63, 3.8) is 0 Å². The highest BCUT2D eigenvalue weighted by Gasteiger charge is 2.24. The molecule has 0 radical (unpaired) electrons. The highest BCUT2D eigenvalue weighted by Crippen LogP contribution is 2.19. The van der Waals surface area contributed by atoms with Gasteiger partial charge in [-0.3, -0.25) is 9.48 Å². The first-order valence-electron chi connectivity index (χ1n) is 5.24. The van der Waals surface area contributed by atoms with E-state index in [1.165, 1.54) is 13.8 Å². The van der Waals surface area contributed by atoms with Gasteiger partial charge in [0.2, 0.25) is 10.0 Å². The summed E-state index contributed by atoms with van der Waals surface area (Å²) in [6, 6.07) is 0. The number of hydrogen-bond donors (Lipinski definition) is 2. The number of carboxylic acid groups (broad SMARTS) is 1. The van der Waals surface area contributed by atoms with Crippen LogP contribution in [0.3, 0.4) is 0 Å². The second kappa shape index (κ2) is 5.72. The van der Waals surface area contributed by atoms with Crippen molar-refractivity contribution in [2.24, 2.45) is 0 Å². The predicted octanol–water partition coefficient (Wildman–Crippen LogP) is 0.615. The standard InChI is InChI=1S/C10H14ClN3O4S/c1-6(11)4-12-19(17,18)10-7(2)13-14(8(10)3)5-9(15)16/h12H,1,4-5H2,2-3H3,(H,15,16). The lowest BCUT2D eigenvalue weighted by molar-refractivity contribution is -0.137. The minimum Gasteiger partial charge on any atom is -0.480 e. The van der Waals surface area contributed by atoms with Gasteiger partial charge in [-0.05, 0) is 13.8 Å². The van der Waals surface area contributed by atoms with Crippen LogP contribution in [0.4, 0.5) is 0 Å². The Bertz CT molecular complexity index is 621. The van der Waals surface area contributed by atoms with Gasteiger partial charge in [0.1, 0.15) is 11.4 Å². The monoisotopic (exact) mass is 307 g/mol. The smallest absolute Gasteiger partial charge is 0.325 e. The minimum atomic E-state index is -3.80.